The lowest BCUT2D eigenvalue weighted by molar-refractivity contribution is -0.400. The number of nitrogens with zero attached hydrogens (tertiary/aromatic N) is 2. The molecule has 0 radical (unpaired) electrons. The van der Waals surface area contributed by atoms with Gasteiger partial charge in [0.2, 0.25) is 0 Å². The molecule has 0 atom stereocenters. The maximum Gasteiger partial charge on any atom is 0.187 e. The van der Waals surface area contributed by atoms with Gasteiger partial charge in [0.1, 0.15) is 5.54 Å². The monoisotopic (exact) mass is 386 g/mol. The summed E-state index contributed by atoms with van der Waals surface area (Å²) in [6, 6.07) is 13.7. The van der Waals surface area contributed by atoms with E-state index >= 15 is 0 Å². The summed E-state index contributed by atoms with van der Waals surface area (Å²) < 4.78 is 2.10. The third-order valence-corrected chi connectivity index (χ3v) is 4.79. The molecule has 7 nitrogen and oxygen atoms in total. The normalized spacial score (nSPS) is 12.4. The van der Waals surface area contributed by atoms with Crippen molar-refractivity contribution in [1.29, 1.82) is 0 Å². The lowest BCUT2D eigenvalue weighted by Gasteiger charge is -2.34. The Hall–Kier alpha value is -2.29. The van der Waals surface area contributed by atoms with Crippen LogP contribution in [0.1, 0.15) is 24.2 Å². The Balaban J connectivity index is 1.99. The molecule has 28 heavy (non-hydrogen) atoms. The molecular formula is C21H26N2O5. The smallest absolute Gasteiger partial charge is 0.187 e. The highest BCUT2D eigenvalue weighted by molar-refractivity contribution is 6.12. The Labute approximate surface area is 163 Å². The van der Waals surface area contributed by atoms with E-state index in [-0.39, 0.29) is 32.2 Å². The summed E-state index contributed by atoms with van der Waals surface area (Å²) in [6.45, 7) is 2.88. The van der Waals surface area contributed by atoms with Gasteiger partial charge in [-0.2, -0.15) is 0 Å². The van der Waals surface area contributed by atoms with Crippen molar-refractivity contribution < 1.29 is 24.7 Å². The predicted octanol–water partition coefficient (Wildman–Crippen LogP) is 2.44. The van der Waals surface area contributed by atoms with Crippen LogP contribution < -0.4 is 0 Å². The van der Waals surface area contributed by atoms with Gasteiger partial charge in [0.15, 0.2) is 5.78 Å². The summed E-state index contributed by atoms with van der Waals surface area (Å²) in [5.74, 6) is -0.196. The molecule has 3 rings (SSSR count). The minimum atomic E-state index is -1.16. The molecule has 0 aliphatic rings. The van der Waals surface area contributed by atoms with E-state index in [1.807, 2.05) is 43.4 Å². The fourth-order valence-corrected chi connectivity index (χ4v) is 3.35. The molecule has 0 spiro atoms. The van der Waals surface area contributed by atoms with Crippen LogP contribution in [0.25, 0.3) is 21.8 Å². The van der Waals surface area contributed by atoms with Crippen molar-refractivity contribution in [2.24, 2.45) is 7.05 Å². The fraction of sp³-hybridized carbons (Fsp3) is 0.381. The highest BCUT2D eigenvalue weighted by Gasteiger charge is 2.38. The summed E-state index contributed by atoms with van der Waals surface area (Å²) in [6.07, 6.45) is 0. The molecule has 0 fully saturated rings. The molecule has 0 bridgehead atoms. The number of carbonyl (C=O) groups is 1. The Bertz CT molecular complexity index is 971. The summed E-state index contributed by atoms with van der Waals surface area (Å²) in [7, 11) is 2.00. The van der Waals surface area contributed by atoms with E-state index in [2.05, 4.69) is 4.57 Å². The molecule has 2 N–H and O–H groups in total. The maximum atomic E-state index is 13.3. The first-order valence-corrected chi connectivity index (χ1v) is 9.21. The summed E-state index contributed by atoms with van der Waals surface area (Å²) in [4.78, 5) is 24.1. The van der Waals surface area contributed by atoms with Crippen LogP contribution in [-0.4, -0.2) is 57.8 Å². The first-order chi connectivity index (χ1) is 13.4. The quantitative estimate of drug-likeness (QED) is 0.434. The Kier molecular flexibility index (Phi) is 6.12. The molecular weight excluding hydrogens is 360 g/mol. The van der Waals surface area contributed by atoms with Crippen molar-refractivity contribution in [1.82, 2.24) is 9.79 Å². The minimum Gasteiger partial charge on any atom is -0.394 e. The van der Waals surface area contributed by atoms with E-state index < -0.39 is 5.54 Å². The number of aryl methyl sites for hydroxylation is 1. The zero-order valence-corrected chi connectivity index (χ0v) is 16.4. The second-order valence-corrected chi connectivity index (χ2v) is 7.07. The Morgan fingerprint density at radius 3 is 2.25 bits per heavy atom. The van der Waals surface area contributed by atoms with E-state index in [1.54, 1.807) is 19.9 Å². The first-order valence-electron chi connectivity index (χ1n) is 9.21. The third kappa shape index (κ3) is 3.67. The summed E-state index contributed by atoms with van der Waals surface area (Å²) in [5, 5.41) is 21.2. The number of Topliss-reactive ketones (excluding diaryl/α,β-unsaturated/α-hetero) is 1. The van der Waals surface area contributed by atoms with Crippen molar-refractivity contribution in [2.45, 2.75) is 19.4 Å². The average Bonchev–Trinajstić information content (AvgIpc) is 2.99. The molecule has 7 heteroatoms. The van der Waals surface area contributed by atoms with Gasteiger partial charge in [0.25, 0.3) is 0 Å². The second kappa shape index (κ2) is 8.38. The third-order valence-electron chi connectivity index (χ3n) is 4.79. The number of fused-ring (bicyclic) bond motifs is 3. The summed E-state index contributed by atoms with van der Waals surface area (Å²) in [5.41, 5.74) is 1.50. The average molecular weight is 386 g/mol. The molecule has 0 unspecified atom stereocenters. The number of aliphatic hydroxyl groups excluding tert-OH is 2. The SMILES string of the molecule is Cn1c2ccccc2c2cc(C(=O)C(C)(C)N(OCCO)OCCO)ccc21. The molecule has 0 amide bonds. The molecule has 2 aromatic carbocycles. The van der Waals surface area contributed by atoms with Crippen LogP contribution in [0.5, 0.6) is 0 Å². The van der Waals surface area contributed by atoms with Crippen molar-refractivity contribution in [3.8, 4) is 0 Å². The summed E-state index contributed by atoms with van der Waals surface area (Å²) >= 11 is 0. The standard InChI is InChI=1S/C21H26N2O5/c1-21(2,23(27-12-10-24)28-13-11-25)20(26)15-8-9-19-17(14-15)16-6-4-5-7-18(16)22(19)3/h4-9,14,24-25H,10-13H2,1-3H3. The van der Waals surface area contributed by atoms with Gasteiger partial charge >= 0.3 is 0 Å². The molecule has 0 aliphatic heterocycles. The zero-order valence-electron chi connectivity index (χ0n) is 16.4. The van der Waals surface area contributed by atoms with Crippen LogP contribution in [0.4, 0.5) is 0 Å². The van der Waals surface area contributed by atoms with Crippen LogP contribution in [0.15, 0.2) is 42.5 Å². The van der Waals surface area contributed by atoms with Gasteiger partial charge in [0.05, 0.1) is 26.4 Å². The van der Waals surface area contributed by atoms with Crippen LogP contribution in [0.3, 0.4) is 0 Å². The maximum absolute atomic E-state index is 13.3. The van der Waals surface area contributed by atoms with E-state index in [0.717, 1.165) is 27.0 Å². The molecule has 1 heterocycles. The molecule has 0 aliphatic carbocycles. The predicted molar refractivity (Wildman–Crippen MR) is 107 cm³/mol. The van der Waals surface area contributed by atoms with Gasteiger partial charge < -0.3 is 14.8 Å². The van der Waals surface area contributed by atoms with Crippen molar-refractivity contribution in [2.75, 3.05) is 26.4 Å². The lowest BCUT2D eigenvalue weighted by Crippen LogP contribution is -2.50. The van der Waals surface area contributed by atoms with Gasteiger partial charge in [0, 0.05) is 34.4 Å². The lowest BCUT2D eigenvalue weighted by atomic mass is 9.93. The van der Waals surface area contributed by atoms with Gasteiger partial charge in [-0.25, -0.2) is 0 Å². The van der Waals surface area contributed by atoms with E-state index in [4.69, 9.17) is 19.9 Å². The molecule has 150 valence electrons. The first kappa shape index (κ1) is 20.4. The number of aromatic nitrogens is 1. The Morgan fingerprint density at radius 2 is 1.61 bits per heavy atom. The number of ketones is 1. The largest absolute Gasteiger partial charge is 0.394 e. The highest BCUT2D eigenvalue weighted by atomic mass is 17.0. The number of benzene rings is 2. The number of hydrogen-bond acceptors (Lipinski definition) is 6. The van der Waals surface area contributed by atoms with Crippen molar-refractivity contribution in [3.05, 3.63) is 48.0 Å². The number of carbonyl (C=O) groups excluding carboxylic acids is 1. The highest BCUT2D eigenvalue weighted by Crippen LogP contribution is 2.30. The second-order valence-electron chi connectivity index (χ2n) is 7.07. The Morgan fingerprint density at radius 1 is 1.00 bits per heavy atom. The zero-order chi connectivity index (χ0) is 20.3. The minimum absolute atomic E-state index is 0.0233. The van der Waals surface area contributed by atoms with Gasteiger partial charge in [-0.15, -0.1) is 0 Å². The van der Waals surface area contributed by atoms with Crippen LogP contribution in [-0.2, 0) is 16.7 Å². The van der Waals surface area contributed by atoms with Crippen molar-refractivity contribution in [3.63, 3.8) is 0 Å². The van der Waals surface area contributed by atoms with Gasteiger partial charge in [-0.1, -0.05) is 23.4 Å². The molecule has 3 aromatic rings. The molecule has 1 aromatic heterocycles. The van der Waals surface area contributed by atoms with Gasteiger partial charge in [-0.3, -0.25) is 14.5 Å². The number of hydroxylamine groups is 2. The number of rotatable bonds is 9. The van der Waals surface area contributed by atoms with Crippen LogP contribution >= 0.6 is 0 Å². The van der Waals surface area contributed by atoms with E-state index in [9.17, 15) is 4.79 Å². The van der Waals surface area contributed by atoms with Crippen LogP contribution in [0.2, 0.25) is 0 Å². The van der Waals surface area contributed by atoms with E-state index in [1.165, 1.54) is 0 Å². The number of para-hydroxylation sites is 1. The molecule has 0 saturated carbocycles. The van der Waals surface area contributed by atoms with E-state index in [0.29, 0.717) is 5.56 Å². The fourth-order valence-electron chi connectivity index (χ4n) is 3.35. The molecule has 0 saturated heterocycles. The topological polar surface area (TPSA) is 84.2 Å². The van der Waals surface area contributed by atoms with Crippen LogP contribution in [0, 0.1) is 0 Å². The van der Waals surface area contributed by atoms with Gasteiger partial charge in [-0.05, 0) is 38.1 Å². The van der Waals surface area contributed by atoms with Crippen molar-refractivity contribution >= 4 is 27.6 Å². The number of aliphatic hydroxyl groups is 2. The number of hydrogen-bond donors (Lipinski definition) is 2.